The van der Waals surface area contributed by atoms with Crippen LogP contribution in [0.25, 0.3) is 0 Å². The monoisotopic (exact) mass is 341 g/mol. The first kappa shape index (κ1) is 17.4. The fraction of sp³-hybridized carbons (Fsp3) is 0.111. The molecule has 0 radical (unpaired) electrons. The Morgan fingerprint density at radius 2 is 1.96 bits per heavy atom. The number of nitrogens with one attached hydrogen (secondary N) is 2. The largest absolute Gasteiger partial charge is 0.495 e. The number of nitriles is 1. The summed E-state index contributed by atoms with van der Waals surface area (Å²) in [4.78, 5) is 12.1. The second kappa shape index (κ2) is 8.61. The van der Waals surface area contributed by atoms with Crippen LogP contribution >= 0.6 is 11.6 Å². The number of anilines is 1. The van der Waals surface area contributed by atoms with Crippen LogP contribution in [0.15, 0.2) is 60.3 Å². The van der Waals surface area contributed by atoms with E-state index in [1.54, 1.807) is 31.4 Å². The number of benzene rings is 2. The molecule has 2 N–H and O–H groups in total. The lowest BCUT2D eigenvalue weighted by Crippen LogP contribution is -2.24. The zero-order valence-corrected chi connectivity index (χ0v) is 13.8. The topological polar surface area (TPSA) is 74.1 Å². The van der Waals surface area contributed by atoms with E-state index in [-0.39, 0.29) is 5.57 Å². The van der Waals surface area contributed by atoms with Crippen molar-refractivity contribution in [2.75, 3.05) is 12.4 Å². The van der Waals surface area contributed by atoms with E-state index in [2.05, 4.69) is 10.6 Å². The quantitative estimate of drug-likeness (QED) is 0.623. The van der Waals surface area contributed by atoms with E-state index in [0.717, 1.165) is 5.56 Å². The molecule has 0 atom stereocenters. The summed E-state index contributed by atoms with van der Waals surface area (Å²) >= 11 is 5.81. The number of halogens is 1. The van der Waals surface area contributed by atoms with Gasteiger partial charge in [0.1, 0.15) is 17.4 Å². The molecule has 0 aliphatic heterocycles. The molecule has 0 heterocycles. The summed E-state index contributed by atoms with van der Waals surface area (Å²) in [5.41, 5.74) is 1.52. The maximum atomic E-state index is 12.1. The first-order valence-electron chi connectivity index (χ1n) is 7.16. The van der Waals surface area contributed by atoms with Gasteiger partial charge in [-0.25, -0.2) is 0 Å². The number of hydrogen-bond donors (Lipinski definition) is 2. The fourth-order valence-corrected chi connectivity index (χ4v) is 2.07. The van der Waals surface area contributed by atoms with E-state index in [0.29, 0.717) is 23.0 Å². The third-order valence-corrected chi connectivity index (χ3v) is 3.46. The molecule has 0 unspecified atom stereocenters. The molecule has 2 rings (SSSR count). The van der Waals surface area contributed by atoms with Crippen molar-refractivity contribution in [3.8, 4) is 11.8 Å². The highest BCUT2D eigenvalue weighted by molar-refractivity contribution is 6.30. The highest BCUT2D eigenvalue weighted by Gasteiger charge is 2.09. The zero-order valence-electron chi connectivity index (χ0n) is 13.0. The van der Waals surface area contributed by atoms with Gasteiger partial charge in [-0.3, -0.25) is 4.79 Å². The maximum absolute atomic E-state index is 12.1. The lowest BCUT2D eigenvalue weighted by atomic mass is 10.2. The minimum absolute atomic E-state index is 0.0325. The van der Waals surface area contributed by atoms with Crippen LogP contribution < -0.4 is 15.4 Å². The minimum Gasteiger partial charge on any atom is -0.495 e. The Bertz CT molecular complexity index is 780. The summed E-state index contributed by atoms with van der Waals surface area (Å²) < 4.78 is 5.20. The number of methoxy groups -OCH3 is 1. The van der Waals surface area contributed by atoms with Crippen molar-refractivity contribution in [2.45, 2.75) is 6.54 Å². The molecule has 0 saturated heterocycles. The molecule has 5 nitrogen and oxygen atoms in total. The normalized spacial score (nSPS) is 10.6. The number of carbonyl (C=O) groups is 1. The number of ether oxygens (including phenoxy) is 1. The van der Waals surface area contributed by atoms with Crippen molar-refractivity contribution < 1.29 is 9.53 Å². The number of para-hydroxylation sites is 2. The third kappa shape index (κ3) is 4.77. The van der Waals surface area contributed by atoms with Crippen LogP contribution in [0.4, 0.5) is 5.69 Å². The van der Waals surface area contributed by atoms with E-state index in [1.165, 1.54) is 6.20 Å². The molecule has 2 aromatic rings. The van der Waals surface area contributed by atoms with Crippen molar-refractivity contribution in [2.24, 2.45) is 0 Å². The summed E-state index contributed by atoms with van der Waals surface area (Å²) in [6.45, 7) is 0.309. The second-order valence-electron chi connectivity index (χ2n) is 4.82. The van der Waals surface area contributed by atoms with Crippen LogP contribution in [0.1, 0.15) is 5.56 Å². The average molecular weight is 342 g/mol. The fourth-order valence-electron chi connectivity index (χ4n) is 1.94. The van der Waals surface area contributed by atoms with Gasteiger partial charge in [0.2, 0.25) is 0 Å². The van der Waals surface area contributed by atoms with Gasteiger partial charge in [0.05, 0.1) is 12.8 Å². The molecule has 0 aliphatic carbocycles. The molecular formula is C18H16ClN3O2. The van der Waals surface area contributed by atoms with Crippen molar-refractivity contribution in [1.82, 2.24) is 5.32 Å². The average Bonchev–Trinajstić information content (AvgIpc) is 2.62. The summed E-state index contributed by atoms with van der Waals surface area (Å²) in [5.74, 6) is 0.155. The highest BCUT2D eigenvalue weighted by atomic mass is 35.5. The number of carbonyl (C=O) groups excluding carboxylic acids is 1. The first-order chi connectivity index (χ1) is 11.6. The van der Waals surface area contributed by atoms with Crippen LogP contribution in [0, 0.1) is 11.3 Å². The summed E-state index contributed by atoms with van der Waals surface area (Å²) in [7, 11) is 1.55. The standard InChI is InChI=1S/C18H16ClN3O2/c1-24-17-5-3-2-4-16(17)21-12-14(10-20)18(23)22-11-13-6-8-15(19)9-7-13/h2-9,12,21H,11H2,1H3,(H,22,23)/b14-12-. The zero-order chi connectivity index (χ0) is 17.4. The van der Waals surface area contributed by atoms with Gasteiger partial charge in [-0.15, -0.1) is 0 Å². The Balaban J connectivity index is 2.00. The Hall–Kier alpha value is -2.97. The summed E-state index contributed by atoms with van der Waals surface area (Å²) in [6.07, 6.45) is 1.36. The minimum atomic E-state index is -0.463. The highest BCUT2D eigenvalue weighted by Crippen LogP contribution is 2.23. The van der Waals surface area contributed by atoms with Crippen LogP contribution in [0.2, 0.25) is 5.02 Å². The number of nitrogens with zero attached hydrogens (tertiary/aromatic N) is 1. The molecule has 24 heavy (non-hydrogen) atoms. The summed E-state index contributed by atoms with van der Waals surface area (Å²) in [5, 5.41) is 15.4. The SMILES string of the molecule is COc1ccccc1N/C=C(/C#N)C(=O)NCc1ccc(Cl)cc1. The van der Waals surface area contributed by atoms with Crippen molar-refractivity contribution in [3.05, 3.63) is 70.9 Å². The van der Waals surface area contributed by atoms with Gasteiger partial charge in [0.15, 0.2) is 0 Å². The van der Waals surface area contributed by atoms with Gasteiger partial charge < -0.3 is 15.4 Å². The Labute approximate surface area is 145 Å². The van der Waals surface area contributed by atoms with E-state index >= 15 is 0 Å². The van der Waals surface area contributed by atoms with Gasteiger partial charge in [-0.1, -0.05) is 35.9 Å². The predicted molar refractivity (Wildman–Crippen MR) is 93.6 cm³/mol. The Kier molecular flexibility index (Phi) is 6.23. The summed E-state index contributed by atoms with van der Waals surface area (Å²) in [6, 6.07) is 16.2. The molecular weight excluding hydrogens is 326 g/mol. The lowest BCUT2D eigenvalue weighted by molar-refractivity contribution is -0.117. The molecule has 2 aromatic carbocycles. The van der Waals surface area contributed by atoms with Gasteiger partial charge in [0.25, 0.3) is 5.91 Å². The van der Waals surface area contributed by atoms with Gasteiger partial charge >= 0.3 is 0 Å². The van der Waals surface area contributed by atoms with Crippen LogP contribution in [-0.2, 0) is 11.3 Å². The van der Waals surface area contributed by atoms with E-state index in [1.807, 2.05) is 30.3 Å². The van der Waals surface area contributed by atoms with Crippen molar-refractivity contribution >= 4 is 23.2 Å². The third-order valence-electron chi connectivity index (χ3n) is 3.21. The lowest BCUT2D eigenvalue weighted by Gasteiger charge is -2.08. The van der Waals surface area contributed by atoms with Crippen LogP contribution in [-0.4, -0.2) is 13.0 Å². The van der Waals surface area contributed by atoms with Crippen molar-refractivity contribution in [1.29, 1.82) is 5.26 Å². The molecule has 0 aliphatic rings. The molecule has 0 fully saturated rings. The van der Waals surface area contributed by atoms with E-state index < -0.39 is 5.91 Å². The second-order valence-corrected chi connectivity index (χ2v) is 5.26. The number of amides is 1. The van der Waals surface area contributed by atoms with E-state index in [9.17, 15) is 4.79 Å². The number of rotatable bonds is 6. The molecule has 0 spiro atoms. The van der Waals surface area contributed by atoms with Gasteiger partial charge in [0, 0.05) is 17.8 Å². The van der Waals surface area contributed by atoms with E-state index in [4.69, 9.17) is 21.6 Å². The van der Waals surface area contributed by atoms with Crippen LogP contribution in [0.5, 0.6) is 5.75 Å². The number of hydrogen-bond acceptors (Lipinski definition) is 4. The molecule has 0 bridgehead atoms. The van der Waals surface area contributed by atoms with Crippen LogP contribution in [0.3, 0.4) is 0 Å². The molecule has 122 valence electrons. The molecule has 1 amide bonds. The molecule has 0 aromatic heterocycles. The smallest absolute Gasteiger partial charge is 0.263 e. The first-order valence-corrected chi connectivity index (χ1v) is 7.54. The maximum Gasteiger partial charge on any atom is 0.263 e. The predicted octanol–water partition coefficient (Wildman–Crippen LogP) is 3.48. The van der Waals surface area contributed by atoms with Gasteiger partial charge in [-0.05, 0) is 29.8 Å². The van der Waals surface area contributed by atoms with Gasteiger partial charge in [-0.2, -0.15) is 5.26 Å². The Morgan fingerprint density at radius 3 is 2.62 bits per heavy atom. The van der Waals surface area contributed by atoms with Crippen molar-refractivity contribution in [3.63, 3.8) is 0 Å². The molecule has 6 heteroatoms. The Morgan fingerprint density at radius 1 is 1.25 bits per heavy atom. The molecule has 0 saturated carbocycles.